The van der Waals surface area contributed by atoms with E-state index >= 15 is 0 Å². The number of methoxy groups -OCH3 is 1. The molecule has 2 heterocycles. The quantitative estimate of drug-likeness (QED) is 0.592. The van der Waals surface area contributed by atoms with Crippen molar-refractivity contribution in [2.75, 3.05) is 7.11 Å². The number of rotatable bonds is 5. The number of nitrogens with two attached hydrogens (primary N) is 1. The molecule has 2 aliphatic heterocycles. The van der Waals surface area contributed by atoms with Crippen LogP contribution in [0.25, 0.3) is 5.57 Å². The van der Waals surface area contributed by atoms with Gasteiger partial charge in [-0.15, -0.1) is 11.8 Å². The number of hydrogen-bond acceptors (Lipinski definition) is 6. The molecule has 0 spiro atoms. The summed E-state index contributed by atoms with van der Waals surface area (Å²) in [5, 5.41) is -0.237. The number of esters is 1. The van der Waals surface area contributed by atoms with Crippen LogP contribution in [0.15, 0.2) is 71.9 Å². The molecule has 152 valence electrons. The van der Waals surface area contributed by atoms with E-state index in [9.17, 15) is 9.59 Å². The molecule has 2 N–H and O–H groups in total. The van der Waals surface area contributed by atoms with Gasteiger partial charge in [0.05, 0.1) is 12.4 Å². The predicted octanol–water partition coefficient (Wildman–Crippen LogP) is 2.70. The molecule has 3 aliphatic rings. The van der Waals surface area contributed by atoms with Crippen LogP contribution in [0.5, 0.6) is 5.75 Å². The van der Waals surface area contributed by atoms with Crippen molar-refractivity contribution in [3.05, 3.63) is 83.1 Å². The molecule has 0 radical (unpaired) electrons. The van der Waals surface area contributed by atoms with Crippen LogP contribution in [0.2, 0.25) is 0 Å². The topological polar surface area (TPSA) is 81.9 Å². The van der Waals surface area contributed by atoms with Crippen molar-refractivity contribution >= 4 is 29.2 Å². The highest BCUT2D eigenvalue weighted by atomic mass is 32.2. The first-order valence-corrected chi connectivity index (χ1v) is 10.6. The maximum absolute atomic E-state index is 13.0. The second-order valence-electron chi connectivity index (χ2n) is 7.33. The molecule has 0 aromatic heterocycles. The lowest BCUT2D eigenvalue weighted by molar-refractivity contribution is -0.151. The van der Waals surface area contributed by atoms with Crippen molar-refractivity contribution in [1.29, 1.82) is 0 Å². The Morgan fingerprint density at radius 1 is 1.13 bits per heavy atom. The van der Waals surface area contributed by atoms with Crippen molar-refractivity contribution in [3.8, 4) is 5.75 Å². The smallest absolute Gasteiger partial charge is 0.355 e. The van der Waals surface area contributed by atoms with Crippen molar-refractivity contribution in [2.24, 2.45) is 5.73 Å². The van der Waals surface area contributed by atoms with E-state index in [-0.39, 0.29) is 23.1 Å². The average Bonchev–Trinajstić information content (AvgIpc) is 2.78. The Bertz CT molecular complexity index is 1080. The van der Waals surface area contributed by atoms with E-state index in [1.807, 2.05) is 60.7 Å². The van der Waals surface area contributed by atoms with Crippen molar-refractivity contribution in [3.63, 3.8) is 0 Å². The van der Waals surface area contributed by atoms with Gasteiger partial charge in [0.1, 0.15) is 29.5 Å². The van der Waals surface area contributed by atoms with Crippen LogP contribution in [-0.4, -0.2) is 40.6 Å². The van der Waals surface area contributed by atoms with Gasteiger partial charge in [0.2, 0.25) is 5.91 Å². The first-order chi connectivity index (χ1) is 14.6. The van der Waals surface area contributed by atoms with Crippen LogP contribution in [0.3, 0.4) is 0 Å². The molecule has 0 unspecified atom stereocenters. The maximum atomic E-state index is 13.0. The van der Waals surface area contributed by atoms with Crippen LogP contribution in [0.1, 0.15) is 11.1 Å². The fourth-order valence-corrected chi connectivity index (χ4v) is 5.47. The van der Waals surface area contributed by atoms with E-state index < -0.39 is 12.0 Å². The molecule has 1 fully saturated rings. The molecule has 1 amide bonds. The van der Waals surface area contributed by atoms with Gasteiger partial charge in [-0.25, -0.2) is 4.79 Å². The Hall–Kier alpha value is -3.03. The predicted molar refractivity (Wildman–Crippen MR) is 114 cm³/mol. The SMILES string of the molecule is COc1ccc(COC(=O)C2=C3C=C(c4ccccc4)[C@@H]3S[C@@H]3[C@H](N)C(=O)N23)cc1. The third kappa shape index (κ3) is 2.93. The van der Waals surface area contributed by atoms with Crippen LogP contribution in [0, 0.1) is 0 Å². The second kappa shape index (κ2) is 7.34. The van der Waals surface area contributed by atoms with Crippen molar-refractivity contribution in [1.82, 2.24) is 4.90 Å². The monoisotopic (exact) mass is 420 g/mol. The molecule has 30 heavy (non-hydrogen) atoms. The summed E-state index contributed by atoms with van der Waals surface area (Å²) in [6, 6.07) is 16.7. The second-order valence-corrected chi connectivity index (χ2v) is 8.56. The van der Waals surface area contributed by atoms with Crippen molar-refractivity contribution in [2.45, 2.75) is 23.3 Å². The molecule has 6 nitrogen and oxygen atoms in total. The minimum Gasteiger partial charge on any atom is -0.497 e. The number of fused-ring (bicyclic) bond motifs is 2. The molecule has 7 heteroatoms. The summed E-state index contributed by atoms with van der Waals surface area (Å²) in [7, 11) is 1.60. The van der Waals surface area contributed by atoms with Crippen LogP contribution >= 0.6 is 11.8 Å². The molecule has 1 aliphatic carbocycles. The van der Waals surface area contributed by atoms with Gasteiger partial charge in [0.25, 0.3) is 0 Å². The molecule has 0 saturated carbocycles. The van der Waals surface area contributed by atoms with Crippen molar-refractivity contribution < 1.29 is 19.1 Å². The molecule has 2 aromatic rings. The van der Waals surface area contributed by atoms with E-state index in [2.05, 4.69) is 0 Å². The zero-order valence-corrected chi connectivity index (χ0v) is 17.1. The minimum atomic E-state index is -0.599. The summed E-state index contributed by atoms with van der Waals surface area (Å²) >= 11 is 1.62. The number of carbonyl (C=O) groups excluding carboxylic acids is 2. The molecular weight excluding hydrogens is 400 g/mol. The van der Waals surface area contributed by atoms with E-state index in [4.69, 9.17) is 15.2 Å². The van der Waals surface area contributed by atoms with Gasteiger partial charge in [0, 0.05) is 5.57 Å². The van der Waals surface area contributed by atoms with E-state index in [0.717, 1.165) is 28.0 Å². The third-order valence-electron chi connectivity index (χ3n) is 5.58. The zero-order chi connectivity index (χ0) is 20.8. The Kier molecular flexibility index (Phi) is 4.64. The van der Waals surface area contributed by atoms with Crippen LogP contribution in [0.4, 0.5) is 0 Å². The first kappa shape index (κ1) is 19.0. The van der Waals surface area contributed by atoms with Gasteiger partial charge in [-0.1, -0.05) is 42.5 Å². The van der Waals surface area contributed by atoms with Gasteiger partial charge < -0.3 is 15.2 Å². The number of hydrogen-bond donors (Lipinski definition) is 1. The lowest BCUT2D eigenvalue weighted by Gasteiger charge is -2.52. The number of β-lactam (4-membered cyclic amide) rings is 1. The number of allylic oxidation sites excluding steroid dienone is 1. The highest BCUT2D eigenvalue weighted by Gasteiger charge is 2.56. The molecule has 1 saturated heterocycles. The minimum absolute atomic E-state index is 0.0105. The lowest BCUT2D eigenvalue weighted by atomic mass is 9.84. The Morgan fingerprint density at radius 3 is 2.57 bits per heavy atom. The average molecular weight is 420 g/mol. The largest absolute Gasteiger partial charge is 0.497 e. The highest BCUT2D eigenvalue weighted by molar-refractivity contribution is 8.01. The van der Waals surface area contributed by atoms with Crippen LogP contribution < -0.4 is 10.5 Å². The van der Waals surface area contributed by atoms with E-state index in [1.165, 1.54) is 4.90 Å². The summed E-state index contributed by atoms with van der Waals surface area (Å²) in [5.74, 6) is -0.00524. The molecule has 2 aromatic carbocycles. The number of thioether (sulfide) groups is 1. The van der Waals surface area contributed by atoms with Gasteiger partial charge in [-0.2, -0.15) is 0 Å². The highest BCUT2D eigenvalue weighted by Crippen LogP contribution is 2.53. The lowest BCUT2D eigenvalue weighted by Crippen LogP contribution is -2.69. The number of amides is 1. The summed E-state index contributed by atoms with van der Waals surface area (Å²) in [5.41, 5.74) is 10.3. The maximum Gasteiger partial charge on any atom is 0.355 e. The normalized spacial score (nSPS) is 24.2. The number of nitrogens with zero attached hydrogens (tertiary/aromatic N) is 1. The zero-order valence-electron chi connectivity index (χ0n) is 16.3. The van der Waals surface area contributed by atoms with Gasteiger partial charge in [-0.3, -0.25) is 9.69 Å². The Labute approximate surface area is 178 Å². The van der Waals surface area contributed by atoms with E-state index in [0.29, 0.717) is 5.70 Å². The van der Waals surface area contributed by atoms with Gasteiger partial charge >= 0.3 is 5.97 Å². The number of ether oxygens (including phenoxy) is 2. The summed E-state index contributed by atoms with van der Waals surface area (Å²) in [6.45, 7) is 0.116. The van der Waals surface area contributed by atoms with Gasteiger partial charge in [0.15, 0.2) is 0 Å². The summed E-state index contributed by atoms with van der Waals surface area (Å²) < 4.78 is 10.7. The molecule has 3 atom stereocenters. The molecular formula is C23H20N2O4S. The third-order valence-corrected chi connectivity index (χ3v) is 7.14. The molecule has 5 rings (SSSR count). The van der Waals surface area contributed by atoms with Crippen LogP contribution in [-0.2, 0) is 20.9 Å². The number of benzene rings is 2. The fourth-order valence-electron chi connectivity index (χ4n) is 3.90. The van der Waals surface area contributed by atoms with Gasteiger partial charge in [-0.05, 0) is 34.9 Å². The summed E-state index contributed by atoms with van der Waals surface area (Å²) in [4.78, 5) is 26.9. The fraction of sp³-hybridized carbons (Fsp3) is 0.217. The van der Waals surface area contributed by atoms with E-state index in [1.54, 1.807) is 18.9 Å². The number of carbonyl (C=O) groups is 2. The standard InChI is InChI=1S/C23H20N2O4S/c1-28-15-9-7-13(8-10-15)12-29-23(27)19-17-11-16(14-5-3-2-4-6-14)20(17)30-22-18(24)21(26)25(19)22/h2-11,18,20,22H,12,24H2,1H3/t18-,20+,22-/m1/s1. The summed E-state index contributed by atoms with van der Waals surface area (Å²) in [6.07, 6.45) is 1.98. The Morgan fingerprint density at radius 2 is 1.87 bits per heavy atom. The Balaban J connectivity index is 1.42. The molecule has 0 bridgehead atoms. The first-order valence-electron chi connectivity index (χ1n) is 9.64.